The lowest BCUT2D eigenvalue weighted by molar-refractivity contribution is -0.330. The Kier molecular flexibility index (Phi) is 5.38. The number of rotatable bonds is 7. The van der Waals surface area contributed by atoms with E-state index in [-0.39, 0.29) is 12.5 Å². The molecule has 2 bridgehead atoms. The average molecular weight is 316 g/mol. The lowest BCUT2D eigenvalue weighted by Crippen LogP contribution is -2.53. The van der Waals surface area contributed by atoms with Crippen LogP contribution < -0.4 is 0 Å². The van der Waals surface area contributed by atoms with Crippen molar-refractivity contribution in [3.63, 3.8) is 0 Å². The molecule has 0 aromatic heterocycles. The molecule has 22 heavy (non-hydrogen) atoms. The Morgan fingerprint density at radius 2 is 2.00 bits per heavy atom. The Morgan fingerprint density at radius 1 is 1.18 bits per heavy atom. The molecule has 0 spiro atoms. The van der Waals surface area contributed by atoms with E-state index >= 15 is 0 Å². The van der Waals surface area contributed by atoms with Gasteiger partial charge in [0.15, 0.2) is 5.79 Å². The van der Waals surface area contributed by atoms with E-state index in [9.17, 15) is 4.39 Å². The van der Waals surface area contributed by atoms with Gasteiger partial charge in [0.2, 0.25) is 5.79 Å². The summed E-state index contributed by atoms with van der Waals surface area (Å²) < 4.78 is 37.0. The molecule has 5 heteroatoms. The molecule has 0 N–H and O–H groups in total. The lowest BCUT2D eigenvalue weighted by atomic mass is 9.90. The maximum atomic E-state index is 13.0. The minimum atomic E-state index is -0.949. The normalized spacial score (nSPS) is 39.3. The third-order valence-electron chi connectivity index (χ3n) is 5.29. The van der Waals surface area contributed by atoms with Crippen LogP contribution in [0.5, 0.6) is 0 Å². The smallest absolute Gasteiger partial charge is 0.200 e. The van der Waals surface area contributed by atoms with Crippen LogP contribution in [0.4, 0.5) is 4.39 Å². The Bertz CT molecular complexity index is 357. The van der Waals surface area contributed by atoms with Crippen molar-refractivity contribution < 1.29 is 23.3 Å². The highest BCUT2D eigenvalue weighted by Gasteiger charge is 2.59. The molecule has 0 aromatic rings. The van der Waals surface area contributed by atoms with E-state index < -0.39 is 18.2 Å². The maximum Gasteiger partial charge on any atom is 0.200 e. The topological polar surface area (TPSA) is 36.9 Å². The molecule has 4 nitrogen and oxygen atoms in total. The van der Waals surface area contributed by atoms with Gasteiger partial charge in [-0.15, -0.1) is 0 Å². The zero-order valence-corrected chi connectivity index (χ0v) is 13.7. The first kappa shape index (κ1) is 16.6. The minimum Gasteiger partial charge on any atom is -0.373 e. The molecule has 0 amide bonds. The van der Waals surface area contributed by atoms with E-state index in [0.717, 1.165) is 19.4 Å². The van der Waals surface area contributed by atoms with Gasteiger partial charge in [0, 0.05) is 19.4 Å². The molecule has 0 aromatic carbocycles. The van der Waals surface area contributed by atoms with Crippen molar-refractivity contribution in [3.8, 4) is 0 Å². The highest BCUT2D eigenvalue weighted by atomic mass is 19.1. The molecular formula is C17H29FO4. The summed E-state index contributed by atoms with van der Waals surface area (Å²) >= 11 is 0. The van der Waals surface area contributed by atoms with Crippen molar-refractivity contribution in [1.82, 2.24) is 0 Å². The summed E-state index contributed by atoms with van der Waals surface area (Å²) in [5.41, 5.74) is 0. The number of hydrogen-bond donors (Lipinski definition) is 0. The lowest BCUT2D eigenvalue weighted by Gasteiger charge is -2.42. The second kappa shape index (κ2) is 7.12. The summed E-state index contributed by atoms with van der Waals surface area (Å²) in [4.78, 5) is 0. The second-order valence-electron chi connectivity index (χ2n) is 6.85. The number of halogens is 1. The standard InChI is InChI=1S/C17H29FO4/c1-2-19-15-8-9-16(13-21-17(15,22-16)10-11-18)20-12-14-6-4-3-5-7-14/h14-15H,2-13H2,1H3/t15-,16-,17?/m1/s1. The maximum absolute atomic E-state index is 13.0. The summed E-state index contributed by atoms with van der Waals surface area (Å²) in [6.07, 6.45) is 8.03. The van der Waals surface area contributed by atoms with Gasteiger partial charge in [-0.2, -0.15) is 0 Å². The Balaban J connectivity index is 1.60. The SMILES string of the molecule is CCO[C@@H]1CC[C@]2(OCC3CCCCC3)COC1(CCF)O2. The van der Waals surface area contributed by atoms with Crippen LogP contribution in [0.3, 0.4) is 0 Å². The fraction of sp³-hybridized carbons (Fsp3) is 1.00. The van der Waals surface area contributed by atoms with Gasteiger partial charge in [-0.1, -0.05) is 19.3 Å². The zero-order chi connectivity index (χ0) is 15.5. The third-order valence-corrected chi connectivity index (χ3v) is 5.29. The molecule has 0 radical (unpaired) electrons. The van der Waals surface area contributed by atoms with Gasteiger partial charge in [0.25, 0.3) is 0 Å². The molecule has 3 aliphatic rings. The molecule has 2 saturated heterocycles. The van der Waals surface area contributed by atoms with Crippen LogP contribution in [0.25, 0.3) is 0 Å². The van der Waals surface area contributed by atoms with Gasteiger partial charge < -0.3 is 18.9 Å². The first-order valence-electron chi connectivity index (χ1n) is 8.87. The summed E-state index contributed by atoms with van der Waals surface area (Å²) in [6.45, 7) is 3.18. The first-order chi connectivity index (χ1) is 10.7. The summed E-state index contributed by atoms with van der Waals surface area (Å²) in [5, 5.41) is 0. The van der Waals surface area contributed by atoms with Crippen LogP contribution in [0.1, 0.15) is 58.3 Å². The van der Waals surface area contributed by atoms with Crippen molar-refractivity contribution in [3.05, 3.63) is 0 Å². The third kappa shape index (κ3) is 3.32. The van der Waals surface area contributed by atoms with E-state index in [4.69, 9.17) is 18.9 Å². The first-order valence-corrected chi connectivity index (χ1v) is 8.87. The molecule has 1 aliphatic carbocycles. The van der Waals surface area contributed by atoms with Crippen molar-refractivity contribution >= 4 is 0 Å². The van der Waals surface area contributed by atoms with Crippen molar-refractivity contribution in [2.24, 2.45) is 5.92 Å². The van der Waals surface area contributed by atoms with E-state index in [1.807, 2.05) is 6.92 Å². The van der Waals surface area contributed by atoms with Crippen LogP contribution in [0.15, 0.2) is 0 Å². The van der Waals surface area contributed by atoms with Crippen LogP contribution >= 0.6 is 0 Å². The van der Waals surface area contributed by atoms with E-state index in [1.54, 1.807) is 0 Å². The highest BCUT2D eigenvalue weighted by molar-refractivity contribution is 4.96. The fourth-order valence-electron chi connectivity index (χ4n) is 4.05. The molecule has 3 rings (SSSR count). The van der Waals surface area contributed by atoms with Gasteiger partial charge in [0.05, 0.1) is 13.3 Å². The van der Waals surface area contributed by atoms with Gasteiger partial charge in [-0.25, -0.2) is 0 Å². The zero-order valence-electron chi connectivity index (χ0n) is 13.7. The largest absolute Gasteiger partial charge is 0.373 e. The van der Waals surface area contributed by atoms with Crippen molar-refractivity contribution in [2.75, 3.05) is 26.5 Å². The number of ether oxygens (including phenoxy) is 4. The molecular weight excluding hydrogens is 287 g/mol. The molecule has 2 heterocycles. The Hall–Kier alpha value is -0.230. The fourth-order valence-corrected chi connectivity index (χ4v) is 4.05. The molecule has 3 fully saturated rings. The number of fused-ring (bicyclic) bond motifs is 2. The molecule has 2 aliphatic heterocycles. The van der Waals surface area contributed by atoms with Crippen LogP contribution in [-0.2, 0) is 18.9 Å². The van der Waals surface area contributed by atoms with Crippen LogP contribution in [0, 0.1) is 5.92 Å². The van der Waals surface area contributed by atoms with Gasteiger partial charge in [-0.05, 0) is 32.1 Å². The second-order valence-corrected chi connectivity index (χ2v) is 6.85. The van der Waals surface area contributed by atoms with Gasteiger partial charge in [-0.3, -0.25) is 4.39 Å². The minimum absolute atomic E-state index is 0.192. The Labute approximate surface area is 132 Å². The molecule has 1 unspecified atom stereocenters. The number of hydrogen-bond acceptors (Lipinski definition) is 4. The summed E-state index contributed by atoms with van der Waals surface area (Å²) in [5.74, 6) is -0.997. The number of alkyl halides is 1. The molecule has 3 atom stereocenters. The predicted octanol–water partition coefficient (Wildman–Crippen LogP) is 3.58. The highest BCUT2D eigenvalue weighted by Crippen LogP contribution is 2.47. The van der Waals surface area contributed by atoms with E-state index in [0.29, 0.717) is 19.1 Å². The van der Waals surface area contributed by atoms with Crippen LogP contribution in [0.2, 0.25) is 0 Å². The average Bonchev–Trinajstić information content (AvgIpc) is 2.85. The van der Waals surface area contributed by atoms with E-state index in [1.165, 1.54) is 32.1 Å². The summed E-state index contributed by atoms with van der Waals surface area (Å²) in [7, 11) is 0. The van der Waals surface area contributed by atoms with Crippen molar-refractivity contribution in [2.45, 2.75) is 76.0 Å². The Morgan fingerprint density at radius 3 is 2.73 bits per heavy atom. The van der Waals surface area contributed by atoms with Gasteiger partial charge >= 0.3 is 0 Å². The van der Waals surface area contributed by atoms with Gasteiger partial charge in [0.1, 0.15) is 12.7 Å². The van der Waals surface area contributed by atoms with Crippen molar-refractivity contribution in [1.29, 1.82) is 0 Å². The quantitative estimate of drug-likeness (QED) is 0.719. The monoisotopic (exact) mass is 316 g/mol. The van der Waals surface area contributed by atoms with Crippen LogP contribution in [-0.4, -0.2) is 44.2 Å². The van der Waals surface area contributed by atoms with E-state index in [2.05, 4.69) is 0 Å². The molecule has 1 saturated carbocycles. The summed E-state index contributed by atoms with van der Waals surface area (Å²) in [6, 6.07) is 0. The molecule has 128 valence electrons. The predicted molar refractivity (Wildman–Crippen MR) is 80.3 cm³/mol.